The third-order valence-electron chi connectivity index (χ3n) is 11.5. The lowest BCUT2D eigenvalue weighted by atomic mass is 9.91. The monoisotopic (exact) mass is 984 g/mol. The summed E-state index contributed by atoms with van der Waals surface area (Å²) in [5.74, 6) is 2.81. The summed E-state index contributed by atoms with van der Waals surface area (Å²) in [6.07, 6.45) is 22.8. The predicted octanol–water partition coefficient (Wildman–Crippen LogP) is 10.9. The van der Waals surface area contributed by atoms with Gasteiger partial charge in [-0.1, -0.05) is 44.0 Å². The highest BCUT2D eigenvalue weighted by molar-refractivity contribution is 9.10. The maximum Gasteiger partial charge on any atom is 0.174 e. The zero-order chi connectivity index (χ0) is 44.5. The number of fused-ring (bicyclic) bond motifs is 2. The third kappa shape index (κ3) is 9.34. The van der Waals surface area contributed by atoms with Gasteiger partial charge in [-0.15, -0.1) is 0 Å². The van der Waals surface area contributed by atoms with Gasteiger partial charge in [-0.25, -0.2) is 38.1 Å². The molecule has 12 nitrogen and oxygen atoms in total. The first kappa shape index (κ1) is 43.0. The summed E-state index contributed by atoms with van der Waals surface area (Å²) >= 11 is 7.02. The number of pyridine rings is 2. The minimum atomic E-state index is -0.251. The third-order valence-corrected chi connectivity index (χ3v) is 12.8. The lowest BCUT2D eigenvalue weighted by molar-refractivity contribution is 0.444. The molecule has 10 rings (SSSR count). The largest absolute Gasteiger partial charge is 0.304 e. The molecular weight excluding hydrogens is 942 g/mol. The van der Waals surface area contributed by atoms with Crippen LogP contribution in [0.25, 0.3) is 35.7 Å². The number of rotatable bonds is 8. The van der Waals surface area contributed by atoms with Crippen molar-refractivity contribution in [1.82, 2.24) is 58.6 Å². The van der Waals surface area contributed by atoms with E-state index in [0.29, 0.717) is 11.6 Å². The van der Waals surface area contributed by atoms with Gasteiger partial charge in [0, 0.05) is 46.3 Å². The van der Waals surface area contributed by atoms with Gasteiger partial charge in [-0.05, 0) is 136 Å². The van der Waals surface area contributed by atoms with E-state index in [1.165, 1.54) is 24.3 Å². The van der Waals surface area contributed by atoms with Crippen LogP contribution in [0.5, 0.6) is 0 Å². The van der Waals surface area contributed by atoms with Gasteiger partial charge >= 0.3 is 0 Å². The van der Waals surface area contributed by atoms with Crippen molar-refractivity contribution in [3.05, 3.63) is 175 Å². The van der Waals surface area contributed by atoms with Gasteiger partial charge in [0.1, 0.15) is 23.3 Å². The van der Waals surface area contributed by atoms with Crippen LogP contribution in [0.15, 0.2) is 94.9 Å². The topological polar surface area (TPSA) is 123 Å². The van der Waals surface area contributed by atoms with Crippen LogP contribution in [0.1, 0.15) is 106 Å². The number of hydrogen-bond acceptors (Lipinski definition) is 8. The van der Waals surface area contributed by atoms with E-state index in [1.54, 1.807) is 12.7 Å². The second-order valence-electron chi connectivity index (χ2n) is 16.1. The fourth-order valence-corrected chi connectivity index (χ4v) is 9.58. The summed E-state index contributed by atoms with van der Waals surface area (Å²) in [6, 6.07) is 13.8. The van der Waals surface area contributed by atoms with Crippen LogP contribution < -0.4 is 0 Å². The van der Waals surface area contributed by atoms with Gasteiger partial charge in [-0.3, -0.25) is 9.97 Å². The van der Waals surface area contributed by atoms with Crippen molar-refractivity contribution in [3.63, 3.8) is 0 Å². The Hall–Kier alpha value is -6.26. The molecule has 6 aromatic heterocycles. The highest BCUT2D eigenvalue weighted by Crippen LogP contribution is 2.38. The molecule has 0 aliphatic carbocycles. The van der Waals surface area contributed by atoms with Gasteiger partial charge in [0.25, 0.3) is 0 Å². The molecule has 0 saturated heterocycles. The number of nitrogens with zero attached hydrogens (tertiary/aromatic N) is 12. The molecule has 2 atom stereocenters. The number of benzene rings is 2. The number of halogens is 4. The summed E-state index contributed by atoms with van der Waals surface area (Å²) in [5, 5.41) is 9.34. The zero-order valence-corrected chi connectivity index (χ0v) is 38.8. The van der Waals surface area contributed by atoms with Crippen LogP contribution >= 0.6 is 31.9 Å². The molecule has 64 heavy (non-hydrogen) atoms. The second kappa shape index (κ2) is 18.5. The van der Waals surface area contributed by atoms with Crippen molar-refractivity contribution in [2.45, 2.75) is 78.3 Å². The first-order chi connectivity index (χ1) is 30.9. The molecule has 8 heterocycles. The van der Waals surface area contributed by atoms with E-state index < -0.39 is 0 Å². The van der Waals surface area contributed by atoms with Crippen molar-refractivity contribution in [2.24, 2.45) is 0 Å². The lowest BCUT2D eigenvalue weighted by Crippen LogP contribution is -2.18. The van der Waals surface area contributed by atoms with E-state index in [4.69, 9.17) is 9.97 Å². The van der Waals surface area contributed by atoms with Crippen LogP contribution in [-0.2, 0) is 13.1 Å². The minimum Gasteiger partial charge on any atom is -0.304 e. The fourth-order valence-electron chi connectivity index (χ4n) is 8.33. The number of aromatic nitrogens is 12. The van der Waals surface area contributed by atoms with Crippen molar-refractivity contribution in [2.75, 3.05) is 0 Å². The van der Waals surface area contributed by atoms with E-state index in [9.17, 15) is 8.78 Å². The van der Waals surface area contributed by atoms with Crippen molar-refractivity contribution in [1.29, 1.82) is 0 Å². The summed E-state index contributed by atoms with van der Waals surface area (Å²) in [5.41, 5.74) is 9.92. The van der Waals surface area contributed by atoms with Gasteiger partial charge < -0.3 is 9.13 Å². The molecule has 0 fully saturated rings. The van der Waals surface area contributed by atoms with Crippen LogP contribution in [-0.4, -0.2) is 58.6 Å². The van der Waals surface area contributed by atoms with Gasteiger partial charge in [0.15, 0.2) is 11.6 Å². The normalized spacial score (nSPS) is 15.9. The molecule has 0 radical (unpaired) electrons. The smallest absolute Gasteiger partial charge is 0.174 e. The van der Waals surface area contributed by atoms with Crippen LogP contribution in [0.3, 0.4) is 0 Å². The highest BCUT2D eigenvalue weighted by atomic mass is 79.9. The predicted molar refractivity (Wildman–Crippen MR) is 250 cm³/mol. The average molecular weight is 987 g/mol. The molecule has 324 valence electrons. The molecule has 0 N–H and O–H groups in total. The minimum absolute atomic E-state index is 0.0895. The zero-order valence-electron chi connectivity index (χ0n) is 35.7. The van der Waals surface area contributed by atoms with Crippen molar-refractivity contribution >= 4 is 56.2 Å². The highest BCUT2D eigenvalue weighted by Gasteiger charge is 2.28. The molecular formula is C48H44Br2F2N12. The first-order valence-electron chi connectivity index (χ1n) is 21.1. The van der Waals surface area contributed by atoms with Crippen LogP contribution in [0.4, 0.5) is 8.78 Å². The summed E-state index contributed by atoms with van der Waals surface area (Å²) in [6.45, 7) is 9.72. The average Bonchev–Trinajstić information content (AvgIpc) is 4.09. The van der Waals surface area contributed by atoms with Crippen molar-refractivity contribution in [3.8, 4) is 11.4 Å². The standard InChI is InChI=1S/2C24H22BrFN6/c2*1-15-10-18(27-12-22(15)31-13-16(2)28-14-31)6-8-23-29-24-20(4-3-9-32(24)30-23)19-7-5-17(26)11-21(19)25/h2*5-8,10-14,20H,3-4,9H2,1-2H3/b2*8-6+/t2*20-/m10/s1. The number of imidazole rings is 2. The van der Waals surface area contributed by atoms with E-state index in [1.807, 2.05) is 106 Å². The Balaban J connectivity index is 0.000000162. The summed E-state index contributed by atoms with van der Waals surface area (Å²) in [4.78, 5) is 27.3. The molecule has 0 bridgehead atoms. The number of hydrogen-bond donors (Lipinski definition) is 0. The maximum atomic E-state index is 13.5. The molecule has 0 saturated carbocycles. The summed E-state index contributed by atoms with van der Waals surface area (Å²) in [7, 11) is 0. The Labute approximate surface area is 386 Å². The van der Waals surface area contributed by atoms with Gasteiger partial charge in [0.05, 0.1) is 59.2 Å². The van der Waals surface area contributed by atoms with E-state index in [-0.39, 0.29) is 23.5 Å². The molecule has 16 heteroatoms. The molecule has 2 aromatic carbocycles. The van der Waals surface area contributed by atoms with Gasteiger partial charge in [-0.2, -0.15) is 10.2 Å². The van der Waals surface area contributed by atoms with E-state index in [0.717, 1.165) is 116 Å². The summed E-state index contributed by atoms with van der Waals surface area (Å²) < 4.78 is 36.5. The van der Waals surface area contributed by atoms with Crippen LogP contribution in [0, 0.1) is 39.3 Å². The Bertz CT molecular complexity index is 2850. The lowest BCUT2D eigenvalue weighted by Gasteiger charge is -2.23. The maximum absolute atomic E-state index is 13.5. The quantitative estimate of drug-likeness (QED) is 0.147. The number of aryl methyl sites for hydroxylation is 6. The molecule has 0 unspecified atom stereocenters. The molecule has 0 amide bonds. The first-order valence-corrected chi connectivity index (χ1v) is 22.6. The van der Waals surface area contributed by atoms with E-state index >= 15 is 0 Å². The van der Waals surface area contributed by atoms with Crippen LogP contribution in [0.2, 0.25) is 0 Å². The van der Waals surface area contributed by atoms with Crippen molar-refractivity contribution < 1.29 is 8.78 Å². The Morgan fingerprint density at radius 2 is 1.02 bits per heavy atom. The van der Waals surface area contributed by atoms with E-state index in [2.05, 4.69) is 75.8 Å². The molecule has 0 spiro atoms. The molecule has 2 aliphatic rings. The second-order valence-corrected chi connectivity index (χ2v) is 17.8. The molecule has 8 aromatic rings. The Morgan fingerprint density at radius 3 is 1.39 bits per heavy atom. The Kier molecular flexibility index (Phi) is 12.4. The Morgan fingerprint density at radius 1 is 0.578 bits per heavy atom. The van der Waals surface area contributed by atoms with Gasteiger partial charge in [0.2, 0.25) is 0 Å². The SMILES string of the molecule is Cc1cn(-c2cnc(/C=C/c3nc4n(n3)CCC[C@@H]4c3ccc(F)cc3Br)cc2C)cn1.Cc1cn(-c2cnc(/C=C/c3nc4n(n3)CCC[C@H]4c3ccc(F)cc3Br)cc2C)cn1. The molecule has 2 aliphatic heterocycles. The fraction of sp³-hybridized carbons (Fsp3) is 0.250.